The third kappa shape index (κ3) is 4.70. The third-order valence-corrected chi connectivity index (χ3v) is 8.20. The summed E-state index contributed by atoms with van der Waals surface area (Å²) in [6.45, 7) is 0.501. The molecule has 42 heavy (non-hydrogen) atoms. The number of aromatic hydroxyl groups is 4. The van der Waals surface area contributed by atoms with Gasteiger partial charge in [0, 0.05) is 64.3 Å². The molecule has 0 saturated carbocycles. The van der Waals surface area contributed by atoms with Crippen molar-refractivity contribution in [3.63, 3.8) is 0 Å². The lowest BCUT2D eigenvalue weighted by Crippen LogP contribution is -2.26. The fourth-order valence-corrected chi connectivity index (χ4v) is 6.14. The average molecular weight is 573 g/mol. The van der Waals surface area contributed by atoms with Gasteiger partial charge in [-0.2, -0.15) is 0 Å². The van der Waals surface area contributed by atoms with Crippen molar-refractivity contribution >= 4 is 0 Å². The molecule has 0 spiro atoms. The molecule has 0 bridgehead atoms. The van der Waals surface area contributed by atoms with Crippen molar-refractivity contribution in [2.45, 2.75) is 24.2 Å². The number of hydrogen-bond donors (Lipinski definition) is 4. The van der Waals surface area contributed by atoms with Crippen molar-refractivity contribution < 1.29 is 44.1 Å². The highest BCUT2D eigenvalue weighted by atomic mass is 16.5. The number of phenols is 4. The number of rotatable bonds is 6. The fourth-order valence-electron chi connectivity index (χ4n) is 6.14. The second-order valence-corrected chi connectivity index (χ2v) is 10.5. The van der Waals surface area contributed by atoms with Crippen molar-refractivity contribution in [1.29, 1.82) is 0 Å². The van der Waals surface area contributed by atoms with Crippen LogP contribution in [0.4, 0.5) is 0 Å². The second kappa shape index (κ2) is 10.8. The van der Waals surface area contributed by atoms with E-state index < -0.39 is 11.8 Å². The van der Waals surface area contributed by atoms with E-state index >= 15 is 0 Å². The summed E-state index contributed by atoms with van der Waals surface area (Å²) in [5.74, 6) is 1.80. The lowest BCUT2D eigenvalue weighted by Gasteiger charge is -2.36. The Morgan fingerprint density at radius 1 is 0.595 bits per heavy atom. The van der Waals surface area contributed by atoms with Crippen LogP contribution in [0.5, 0.6) is 51.7 Å². The van der Waals surface area contributed by atoms with E-state index in [9.17, 15) is 20.4 Å². The first-order valence-corrected chi connectivity index (χ1v) is 13.6. The topological polar surface area (TPSA) is 127 Å². The maximum atomic E-state index is 11.2. The molecule has 0 radical (unpaired) electrons. The zero-order valence-electron chi connectivity index (χ0n) is 23.5. The molecular weight excluding hydrogens is 540 g/mol. The van der Waals surface area contributed by atoms with E-state index in [1.807, 2.05) is 12.1 Å². The normalized spacial score (nSPS) is 19.1. The van der Waals surface area contributed by atoms with Crippen LogP contribution < -0.4 is 23.7 Å². The molecule has 0 amide bonds. The molecule has 0 unspecified atom stereocenters. The van der Waals surface area contributed by atoms with Gasteiger partial charge in [-0.05, 0) is 36.2 Å². The van der Waals surface area contributed by atoms with Gasteiger partial charge in [0.1, 0.15) is 40.2 Å². The standard InChI is InChI=1S/C33H32O9/c1-38-29-13-26(36)22(18-8-17-4-5-19(34)9-28(17)41-15-18)11-24(29)33-21-7-6-20(35)10-30(21)42-16-25(33)23-12-31(39-2)32(40-3)14-27(23)37/h4-7,9-14,18,25,33-37H,8,15-16H2,1-3H3/t18-,25-,33-/m0/s1. The molecule has 2 aliphatic rings. The molecule has 9 heteroatoms. The van der Waals surface area contributed by atoms with Crippen LogP contribution in [0, 0.1) is 0 Å². The van der Waals surface area contributed by atoms with Crippen LogP contribution in [0.2, 0.25) is 0 Å². The Morgan fingerprint density at radius 2 is 1.21 bits per heavy atom. The summed E-state index contributed by atoms with van der Waals surface area (Å²) < 4.78 is 28.9. The number of ether oxygens (including phenoxy) is 5. The summed E-state index contributed by atoms with van der Waals surface area (Å²) in [5.41, 5.74) is 3.76. The van der Waals surface area contributed by atoms with Crippen LogP contribution in [-0.4, -0.2) is 55.0 Å². The predicted molar refractivity (Wildman–Crippen MR) is 154 cm³/mol. The van der Waals surface area contributed by atoms with Gasteiger partial charge in [0.15, 0.2) is 11.5 Å². The molecule has 218 valence electrons. The smallest absolute Gasteiger partial charge is 0.164 e. The number of benzene rings is 4. The fraction of sp³-hybridized carbons (Fsp3) is 0.273. The molecule has 0 saturated heterocycles. The highest BCUT2D eigenvalue weighted by Crippen LogP contribution is 2.53. The molecule has 0 fully saturated rings. The van der Waals surface area contributed by atoms with E-state index in [4.69, 9.17) is 23.7 Å². The summed E-state index contributed by atoms with van der Waals surface area (Å²) >= 11 is 0. The molecule has 2 aliphatic heterocycles. The minimum atomic E-state index is -0.403. The summed E-state index contributed by atoms with van der Waals surface area (Å²) in [7, 11) is 4.59. The van der Waals surface area contributed by atoms with E-state index in [1.54, 1.807) is 49.6 Å². The molecule has 2 heterocycles. The van der Waals surface area contributed by atoms with Gasteiger partial charge < -0.3 is 44.1 Å². The van der Waals surface area contributed by atoms with Crippen molar-refractivity contribution in [2.75, 3.05) is 34.5 Å². The van der Waals surface area contributed by atoms with Gasteiger partial charge in [-0.1, -0.05) is 12.1 Å². The van der Waals surface area contributed by atoms with Crippen molar-refractivity contribution in [3.05, 3.63) is 88.5 Å². The Kier molecular flexibility index (Phi) is 7.02. The monoisotopic (exact) mass is 572 g/mol. The van der Waals surface area contributed by atoms with Crippen LogP contribution in [0.3, 0.4) is 0 Å². The number of hydrogen-bond acceptors (Lipinski definition) is 9. The Labute approximate surface area is 243 Å². The minimum Gasteiger partial charge on any atom is -0.508 e. The third-order valence-electron chi connectivity index (χ3n) is 8.20. The molecular formula is C33H32O9. The Morgan fingerprint density at radius 3 is 1.95 bits per heavy atom. The lowest BCUT2D eigenvalue weighted by atomic mass is 9.74. The van der Waals surface area contributed by atoms with Crippen LogP contribution >= 0.6 is 0 Å². The van der Waals surface area contributed by atoms with Gasteiger partial charge in [0.05, 0.1) is 34.5 Å². The van der Waals surface area contributed by atoms with Crippen LogP contribution in [0.15, 0.2) is 60.7 Å². The number of phenolic OH excluding ortho intramolecular Hbond substituents is 4. The Bertz CT molecular complexity index is 1650. The van der Waals surface area contributed by atoms with Gasteiger partial charge in [0.25, 0.3) is 0 Å². The quantitative estimate of drug-likeness (QED) is 0.235. The van der Waals surface area contributed by atoms with E-state index in [0.29, 0.717) is 52.9 Å². The summed E-state index contributed by atoms with van der Waals surface area (Å²) in [5, 5.41) is 42.4. The zero-order chi connectivity index (χ0) is 29.5. The van der Waals surface area contributed by atoms with Gasteiger partial charge in [0.2, 0.25) is 0 Å². The maximum Gasteiger partial charge on any atom is 0.164 e. The van der Waals surface area contributed by atoms with E-state index in [-0.39, 0.29) is 35.5 Å². The van der Waals surface area contributed by atoms with Crippen molar-refractivity contribution in [3.8, 4) is 51.7 Å². The molecule has 3 atom stereocenters. The molecule has 4 N–H and O–H groups in total. The molecule has 0 aromatic heterocycles. The summed E-state index contributed by atoms with van der Waals surface area (Å²) in [6.07, 6.45) is 0.604. The summed E-state index contributed by atoms with van der Waals surface area (Å²) in [6, 6.07) is 16.8. The first-order valence-electron chi connectivity index (χ1n) is 13.6. The number of methoxy groups -OCH3 is 3. The van der Waals surface area contributed by atoms with E-state index in [1.165, 1.54) is 20.3 Å². The van der Waals surface area contributed by atoms with Crippen LogP contribution in [0.1, 0.15) is 45.6 Å². The maximum absolute atomic E-state index is 11.2. The predicted octanol–water partition coefficient (Wildman–Crippen LogP) is 5.56. The first-order chi connectivity index (χ1) is 20.3. The Hall–Kier alpha value is -4.92. The summed E-state index contributed by atoms with van der Waals surface area (Å²) in [4.78, 5) is 0. The van der Waals surface area contributed by atoms with Gasteiger partial charge >= 0.3 is 0 Å². The largest absolute Gasteiger partial charge is 0.508 e. The van der Waals surface area contributed by atoms with Gasteiger partial charge in [-0.25, -0.2) is 0 Å². The first kappa shape index (κ1) is 27.3. The van der Waals surface area contributed by atoms with Crippen LogP contribution in [-0.2, 0) is 6.42 Å². The zero-order valence-corrected chi connectivity index (χ0v) is 23.5. The Balaban J connectivity index is 1.51. The molecule has 9 nitrogen and oxygen atoms in total. The molecule has 0 aliphatic carbocycles. The number of fused-ring (bicyclic) bond motifs is 2. The highest BCUT2D eigenvalue weighted by molar-refractivity contribution is 5.60. The highest BCUT2D eigenvalue weighted by Gasteiger charge is 2.38. The van der Waals surface area contributed by atoms with Crippen molar-refractivity contribution in [2.24, 2.45) is 0 Å². The van der Waals surface area contributed by atoms with Crippen LogP contribution in [0.25, 0.3) is 0 Å². The SMILES string of the molecule is COc1cc(O)c([C@@H]2COc3cc(O)ccc3[C@H]2c2cc([C@@H]3COc4cc(O)ccc4C3)c(O)cc2OC)cc1OC. The average Bonchev–Trinajstić information content (AvgIpc) is 3.00. The van der Waals surface area contributed by atoms with Gasteiger partial charge in [-0.15, -0.1) is 0 Å². The minimum absolute atomic E-state index is 0.0204. The molecule has 6 rings (SSSR count). The molecule has 4 aromatic rings. The van der Waals surface area contributed by atoms with E-state index in [0.717, 1.165) is 16.7 Å². The van der Waals surface area contributed by atoms with Gasteiger partial charge in [-0.3, -0.25) is 0 Å². The lowest BCUT2D eigenvalue weighted by molar-refractivity contribution is 0.241. The second-order valence-electron chi connectivity index (χ2n) is 10.5. The van der Waals surface area contributed by atoms with E-state index in [2.05, 4.69) is 0 Å². The molecule has 4 aromatic carbocycles. The van der Waals surface area contributed by atoms with Crippen molar-refractivity contribution in [1.82, 2.24) is 0 Å².